The third-order valence-electron chi connectivity index (χ3n) is 6.34. The van der Waals surface area contributed by atoms with E-state index in [9.17, 15) is 13.5 Å². The molecule has 0 bridgehead atoms. The highest BCUT2D eigenvalue weighted by atomic mass is 35.5. The highest BCUT2D eigenvalue weighted by Crippen LogP contribution is 2.33. The van der Waals surface area contributed by atoms with Gasteiger partial charge in [-0.05, 0) is 66.3 Å². The van der Waals surface area contributed by atoms with Gasteiger partial charge in [0.15, 0.2) is 0 Å². The van der Waals surface area contributed by atoms with Crippen LogP contribution in [0, 0.1) is 5.92 Å². The van der Waals surface area contributed by atoms with Gasteiger partial charge in [0, 0.05) is 36.1 Å². The van der Waals surface area contributed by atoms with E-state index >= 15 is 0 Å². The first-order valence-corrected chi connectivity index (χ1v) is 12.9. The van der Waals surface area contributed by atoms with Crippen molar-refractivity contribution in [3.63, 3.8) is 0 Å². The van der Waals surface area contributed by atoms with Crippen LogP contribution < -0.4 is 0 Å². The fraction of sp³-hybridized carbons (Fsp3) is 0.360. The summed E-state index contributed by atoms with van der Waals surface area (Å²) in [6, 6.07) is 18.0. The van der Waals surface area contributed by atoms with Gasteiger partial charge in [-0.1, -0.05) is 55.1 Å². The Bertz CT molecular complexity index is 1100. The van der Waals surface area contributed by atoms with Crippen molar-refractivity contribution in [2.24, 2.45) is 5.92 Å². The number of H-pyrrole nitrogens is 1. The van der Waals surface area contributed by atoms with Gasteiger partial charge in [-0.25, -0.2) is 8.42 Å². The molecule has 170 valence electrons. The summed E-state index contributed by atoms with van der Waals surface area (Å²) in [6.45, 7) is 0.250. The molecule has 7 heteroatoms. The standard InChI is InChI=1S/C25H29ClN2O3S/c26-22-12-14-23(15-13-22)32(30,31)28(25-7-3-1-2-5-21(25)18-29)17-19-8-10-20(11-9-19)24-6-4-16-27-24/h4,6,8-16,21,25,27,29H,1-3,5,7,17-18H2/t21-,25+/m0/s1. The van der Waals surface area contributed by atoms with Crippen molar-refractivity contribution < 1.29 is 13.5 Å². The summed E-state index contributed by atoms with van der Waals surface area (Å²) in [4.78, 5) is 3.42. The summed E-state index contributed by atoms with van der Waals surface area (Å²) in [7, 11) is -3.77. The van der Waals surface area contributed by atoms with E-state index in [2.05, 4.69) is 4.98 Å². The van der Waals surface area contributed by atoms with Crippen LogP contribution in [0.15, 0.2) is 71.8 Å². The van der Waals surface area contributed by atoms with Gasteiger partial charge in [0.1, 0.15) is 0 Å². The van der Waals surface area contributed by atoms with Crippen LogP contribution in [0.3, 0.4) is 0 Å². The molecule has 5 nitrogen and oxygen atoms in total. The molecule has 2 aromatic carbocycles. The molecule has 1 aliphatic carbocycles. The van der Waals surface area contributed by atoms with Crippen molar-refractivity contribution in [1.82, 2.24) is 9.29 Å². The van der Waals surface area contributed by atoms with Crippen molar-refractivity contribution in [2.75, 3.05) is 6.61 Å². The molecule has 0 unspecified atom stereocenters. The van der Waals surface area contributed by atoms with E-state index in [0.717, 1.165) is 48.9 Å². The molecule has 32 heavy (non-hydrogen) atoms. The monoisotopic (exact) mass is 472 g/mol. The van der Waals surface area contributed by atoms with E-state index in [4.69, 9.17) is 11.6 Å². The predicted octanol–water partition coefficient (Wildman–Crippen LogP) is 5.47. The molecule has 2 N–H and O–H groups in total. The number of rotatable bonds is 7. The lowest BCUT2D eigenvalue weighted by atomic mass is 9.95. The van der Waals surface area contributed by atoms with Crippen LogP contribution in [0.4, 0.5) is 0 Å². The van der Waals surface area contributed by atoms with E-state index in [0.29, 0.717) is 5.02 Å². The first kappa shape index (κ1) is 23.1. The minimum absolute atomic E-state index is 0.0108. The highest BCUT2D eigenvalue weighted by Gasteiger charge is 2.36. The molecule has 1 aliphatic rings. The lowest BCUT2D eigenvalue weighted by molar-refractivity contribution is 0.139. The van der Waals surface area contributed by atoms with Gasteiger partial charge in [0.2, 0.25) is 10.0 Å². The van der Waals surface area contributed by atoms with E-state index in [1.165, 1.54) is 0 Å². The van der Waals surface area contributed by atoms with Gasteiger partial charge < -0.3 is 10.1 Å². The molecule has 1 saturated carbocycles. The molecule has 3 aromatic rings. The fourth-order valence-electron chi connectivity index (χ4n) is 4.56. The Kier molecular flexibility index (Phi) is 7.36. The SMILES string of the molecule is O=S(=O)(c1ccc(Cl)cc1)N(Cc1ccc(-c2ccc[nH]2)cc1)[C@@H]1CCCCC[C@H]1CO. The summed E-state index contributed by atoms with van der Waals surface area (Å²) in [5.41, 5.74) is 2.98. The van der Waals surface area contributed by atoms with Crippen molar-refractivity contribution in [2.45, 2.75) is 49.6 Å². The topological polar surface area (TPSA) is 73.4 Å². The lowest BCUT2D eigenvalue weighted by Gasteiger charge is -2.35. The number of nitrogens with zero attached hydrogens (tertiary/aromatic N) is 1. The van der Waals surface area contributed by atoms with Crippen LogP contribution >= 0.6 is 11.6 Å². The molecule has 0 amide bonds. The van der Waals surface area contributed by atoms with Gasteiger partial charge >= 0.3 is 0 Å². The maximum absolute atomic E-state index is 13.8. The minimum Gasteiger partial charge on any atom is -0.396 e. The quantitative estimate of drug-likeness (QED) is 0.448. The molecule has 2 atom stereocenters. The van der Waals surface area contributed by atoms with Crippen LogP contribution in [0.1, 0.15) is 37.7 Å². The Hall–Kier alpha value is -2.12. The van der Waals surface area contributed by atoms with E-state index < -0.39 is 10.0 Å². The maximum atomic E-state index is 13.8. The van der Waals surface area contributed by atoms with Crippen LogP contribution in [0.2, 0.25) is 5.02 Å². The zero-order valence-corrected chi connectivity index (χ0v) is 19.5. The van der Waals surface area contributed by atoms with Gasteiger partial charge in [0.05, 0.1) is 4.90 Å². The first-order chi connectivity index (χ1) is 15.5. The van der Waals surface area contributed by atoms with Gasteiger partial charge in [-0.3, -0.25) is 0 Å². The minimum atomic E-state index is -3.77. The summed E-state index contributed by atoms with van der Waals surface area (Å²) in [6.07, 6.45) is 6.50. The van der Waals surface area contributed by atoms with Crippen LogP contribution in [0.5, 0.6) is 0 Å². The largest absolute Gasteiger partial charge is 0.396 e. The van der Waals surface area contributed by atoms with E-state index in [1.807, 2.05) is 42.6 Å². The second-order valence-corrected chi connectivity index (χ2v) is 10.8. The highest BCUT2D eigenvalue weighted by molar-refractivity contribution is 7.89. The van der Waals surface area contributed by atoms with Crippen molar-refractivity contribution in [1.29, 1.82) is 0 Å². The molecule has 0 spiro atoms. The Balaban J connectivity index is 1.69. The zero-order valence-electron chi connectivity index (χ0n) is 18.0. The average Bonchev–Trinajstić information content (AvgIpc) is 3.24. The molecule has 0 aliphatic heterocycles. The Morgan fingerprint density at radius 2 is 1.69 bits per heavy atom. The smallest absolute Gasteiger partial charge is 0.243 e. The lowest BCUT2D eigenvalue weighted by Crippen LogP contribution is -2.44. The molecule has 0 radical (unpaired) electrons. The number of hydrogen-bond donors (Lipinski definition) is 2. The molecule has 1 fully saturated rings. The number of hydrogen-bond acceptors (Lipinski definition) is 3. The number of aromatic nitrogens is 1. The van der Waals surface area contributed by atoms with Crippen molar-refractivity contribution in [3.8, 4) is 11.3 Å². The van der Waals surface area contributed by atoms with Gasteiger partial charge in [-0.2, -0.15) is 4.31 Å². The number of aliphatic hydroxyl groups excluding tert-OH is 1. The Morgan fingerprint density at radius 1 is 0.969 bits per heavy atom. The number of benzene rings is 2. The number of halogens is 1. The van der Waals surface area contributed by atoms with E-state index in [-0.39, 0.29) is 30.0 Å². The molecule has 1 heterocycles. The molecular weight excluding hydrogens is 444 g/mol. The second kappa shape index (κ2) is 10.2. The number of nitrogens with one attached hydrogen (secondary N) is 1. The zero-order chi connectivity index (χ0) is 22.6. The molecule has 1 aromatic heterocycles. The third-order valence-corrected chi connectivity index (χ3v) is 8.48. The van der Waals surface area contributed by atoms with Crippen molar-refractivity contribution >= 4 is 21.6 Å². The summed E-state index contributed by atoms with van der Waals surface area (Å²) in [5, 5.41) is 10.6. The number of aromatic amines is 1. The van der Waals surface area contributed by atoms with Gasteiger partial charge in [-0.15, -0.1) is 0 Å². The van der Waals surface area contributed by atoms with E-state index in [1.54, 1.807) is 28.6 Å². The first-order valence-electron chi connectivity index (χ1n) is 11.1. The molecule has 4 rings (SSSR count). The molecular formula is C25H29ClN2O3S. The fourth-order valence-corrected chi connectivity index (χ4v) is 6.39. The van der Waals surface area contributed by atoms with Gasteiger partial charge in [0.25, 0.3) is 0 Å². The van der Waals surface area contributed by atoms with Crippen LogP contribution in [0.25, 0.3) is 11.3 Å². The van der Waals surface area contributed by atoms with Crippen molar-refractivity contribution in [3.05, 3.63) is 77.4 Å². The Morgan fingerprint density at radius 3 is 2.34 bits per heavy atom. The van der Waals surface area contributed by atoms with Crippen LogP contribution in [-0.2, 0) is 16.6 Å². The maximum Gasteiger partial charge on any atom is 0.243 e. The molecule has 0 saturated heterocycles. The normalized spacial score (nSPS) is 19.7. The van der Waals surface area contributed by atoms with Crippen LogP contribution in [-0.4, -0.2) is 35.5 Å². The summed E-state index contributed by atoms with van der Waals surface area (Å²) < 4.78 is 29.1. The number of sulfonamides is 1. The number of aliphatic hydroxyl groups is 1. The average molecular weight is 473 g/mol. The predicted molar refractivity (Wildman–Crippen MR) is 128 cm³/mol. The third kappa shape index (κ3) is 5.09. The Labute approximate surface area is 195 Å². The second-order valence-electron chi connectivity index (χ2n) is 8.43. The summed E-state index contributed by atoms with van der Waals surface area (Å²) in [5.74, 6) is -0.0715. The summed E-state index contributed by atoms with van der Waals surface area (Å²) >= 11 is 6.00.